The molecule has 0 atom stereocenters. The molecule has 0 N–H and O–H groups in total. The average Bonchev–Trinajstić information content (AvgIpc) is 3.27. The molecule has 0 fully saturated rings. The Kier molecular flexibility index (Phi) is 8.84. The highest BCUT2D eigenvalue weighted by Crippen LogP contribution is 2.41. The summed E-state index contributed by atoms with van der Waals surface area (Å²) < 4.78 is 0. The van der Waals surface area contributed by atoms with Gasteiger partial charge < -0.3 is 0 Å². The maximum absolute atomic E-state index is 9.27. The van der Waals surface area contributed by atoms with E-state index in [1.807, 2.05) is 48.5 Å². The first-order valence-electron chi connectivity index (χ1n) is 18.5. The Morgan fingerprint density at radius 3 is 1.55 bits per heavy atom. The number of aromatic nitrogens is 2. The molecular weight excluding hydrogens is 667 g/mol. The van der Waals surface area contributed by atoms with Gasteiger partial charge in [-0.2, -0.15) is 5.26 Å². The molecule has 0 aliphatic rings. The highest BCUT2D eigenvalue weighted by molar-refractivity contribution is 6.04. The minimum atomic E-state index is 0.659. The van der Waals surface area contributed by atoms with Crippen LogP contribution in [0.4, 0.5) is 0 Å². The van der Waals surface area contributed by atoms with Gasteiger partial charge in [0.15, 0.2) is 5.82 Å². The van der Waals surface area contributed by atoms with Gasteiger partial charge in [0.2, 0.25) is 0 Å². The van der Waals surface area contributed by atoms with Crippen LogP contribution in [0.3, 0.4) is 0 Å². The van der Waals surface area contributed by atoms with E-state index in [1.54, 1.807) is 0 Å². The van der Waals surface area contributed by atoms with Crippen LogP contribution in [-0.2, 0) is 0 Å². The molecule has 55 heavy (non-hydrogen) atoms. The summed E-state index contributed by atoms with van der Waals surface area (Å²) in [6.45, 7) is 2.12. The molecule has 9 rings (SSSR count). The lowest BCUT2D eigenvalue weighted by Gasteiger charge is -2.17. The van der Waals surface area contributed by atoms with Crippen LogP contribution in [0.5, 0.6) is 0 Å². The number of rotatable bonds is 7. The Morgan fingerprint density at radius 1 is 0.400 bits per heavy atom. The Labute approximate surface area is 321 Å². The zero-order chi connectivity index (χ0) is 37.1. The van der Waals surface area contributed by atoms with Crippen LogP contribution >= 0.6 is 0 Å². The molecule has 258 valence electrons. The molecule has 0 amide bonds. The molecule has 3 nitrogen and oxygen atoms in total. The van der Waals surface area contributed by atoms with Crippen molar-refractivity contribution < 1.29 is 0 Å². The topological polar surface area (TPSA) is 49.6 Å². The van der Waals surface area contributed by atoms with E-state index < -0.39 is 0 Å². The largest absolute Gasteiger partial charge is 0.228 e. The number of nitriles is 1. The summed E-state index contributed by atoms with van der Waals surface area (Å²) in [4.78, 5) is 10.2. The monoisotopic (exact) mass is 701 g/mol. The van der Waals surface area contributed by atoms with Crippen LogP contribution in [0.15, 0.2) is 194 Å². The Balaban J connectivity index is 1.14. The summed E-state index contributed by atoms with van der Waals surface area (Å²) >= 11 is 0. The Bertz CT molecular complexity index is 2850. The second kappa shape index (κ2) is 14.5. The normalized spacial score (nSPS) is 11.0. The molecule has 9 aromatic rings. The number of fused-ring (bicyclic) bond motifs is 1. The minimum absolute atomic E-state index is 0.659. The number of hydrogen-bond donors (Lipinski definition) is 0. The van der Waals surface area contributed by atoms with E-state index in [4.69, 9.17) is 9.97 Å². The van der Waals surface area contributed by atoms with Crippen LogP contribution in [0.2, 0.25) is 0 Å². The van der Waals surface area contributed by atoms with Crippen molar-refractivity contribution in [2.24, 2.45) is 0 Å². The van der Waals surface area contributed by atoms with Crippen molar-refractivity contribution in [3.05, 3.63) is 205 Å². The summed E-state index contributed by atoms with van der Waals surface area (Å²) in [5, 5.41) is 11.7. The van der Waals surface area contributed by atoms with Crippen molar-refractivity contribution in [1.82, 2.24) is 9.97 Å². The molecule has 1 heterocycles. The van der Waals surface area contributed by atoms with Crippen molar-refractivity contribution in [2.45, 2.75) is 6.92 Å². The molecule has 1 aromatic heterocycles. The van der Waals surface area contributed by atoms with Gasteiger partial charge in [-0.3, -0.25) is 0 Å². The van der Waals surface area contributed by atoms with Gasteiger partial charge in [0.25, 0.3) is 0 Å². The lowest BCUT2D eigenvalue weighted by Crippen LogP contribution is -2.00. The van der Waals surface area contributed by atoms with Gasteiger partial charge in [-0.25, -0.2) is 9.97 Å². The van der Waals surface area contributed by atoms with Crippen molar-refractivity contribution in [2.75, 3.05) is 0 Å². The predicted molar refractivity (Wildman–Crippen MR) is 227 cm³/mol. The van der Waals surface area contributed by atoms with Gasteiger partial charge in [-0.15, -0.1) is 0 Å². The predicted octanol–water partition coefficient (Wildman–Crippen LogP) is 13.5. The van der Waals surface area contributed by atoms with E-state index in [2.05, 4.69) is 159 Å². The quantitative estimate of drug-likeness (QED) is 0.166. The standard InChI is InChI=1S/C52H35N3/c1-35-50(40-13-4-2-5-14-40)54-52(42-15-6-3-7-16-42)55-51(35)41-28-26-39(27-29-41)49-47-21-9-8-12-38(47)30-31-48(49)46-20-11-19-45(33-46)44-18-10-17-43(32-44)37-24-22-36(34-53)23-25-37/h2-33H,1H3. The highest BCUT2D eigenvalue weighted by Gasteiger charge is 2.17. The first-order chi connectivity index (χ1) is 27.1. The van der Waals surface area contributed by atoms with Crippen LogP contribution in [0.25, 0.3) is 89.2 Å². The van der Waals surface area contributed by atoms with Crippen LogP contribution in [0, 0.1) is 18.3 Å². The number of hydrogen-bond acceptors (Lipinski definition) is 3. The third-order valence-corrected chi connectivity index (χ3v) is 10.3. The first-order valence-corrected chi connectivity index (χ1v) is 18.5. The van der Waals surface area contributed by atoms with Crippen molar-refractivity contribution in [3.8, 4) is 84.5 Å². The molecule has 0 saturated carbocycles. The summed E-state index contributed by atoms with van der Waals surface area (Å²) in [6, 6.07) is 69.9. The van der Waals surface area contributed by atoms with Gasteiger partial charge in [0, 0.05) is 22.3 Å². The fraction of sp³-hybridized carbons (Fsp3) is 0.0192. The summed E-state index contributed by atoms with van der Waals surface area (Å²) in [5.74, 6) is 0.711. The van der Waals surface area contributed by atoms with E-state index in [0.717, 1.165) is 67.0 Å². The van der Waals surface area contributed by atoms with Crippen molar-refractivity contribution >= 4 is 10.8 Å². The second-order valence-corrected chi connectivity index (χ2v) is 13.7. The van der Waals surface area contributed by atoms with E-state index in [0.29, 0.717) is 11.4 Å². The van der Waals surface area contributed by atoms with E-state index >= 15 is 0 Å². The highest BCUT2D eigenvalue weighted by atomic mass is 14.9. The van der Waals surface area contributed by atoms with Gasteiger partial charge in [-0.1, -0.05) is 170 Å². The molecule has 0 saturated heterocycles. The number of nitrogens with zero attached hydrogens (tertiary/aromatic N) is 3. The summed E-state index contributed by atoms with van der Waals surface area (Å²) in [6.07, 6.45) is 0. The van der Waals surface area contributed by atoms with E-state index in [-0.39, 0.29) is 0 Å². The molecule has 0 aliphatic carbocycles. The maximum atomic E-state index is 9.27. The fourth-order valence-corrected chi connectivity index (χ4v) is 7.49. The molecule has 0 bridgehead atoms. The summed E-state index contributed by atoms with van der Waals surface area (Å²) in [7, 11) is 0. The molecule has 0 aliphatic heterocycles. The van der Waals surface area contributed by atoms with Crippen LogP contribution in [0.1, 0.15) is 11.1 Å². The SMILES string of the molecule is Cc1c(-c2ccccc2)nc(-c2ccccc2)nc1-c1ccc(-c2c(-c3cccc(-c4cccc(-c5ccc(C#N)cc5)c4)c3)ccc3ccccc23)cc1. The summed E-state index contributed by atoms with van der Waals surface area (Å²) in [5.41, 5.74) is 15.8. The zero-order valence-corrected chi connectivity index (χ0v) is 30.3. The van der Waals surface area contributed by atoms with Gasteiger partial charge in [-0.05, 0) is 86.5 Å². The zero-order valence-electron chi connectivity index (χ0n) is 30.3. The number of benzene rings is 8. The maximum Gasteiger partial charge on any atom is 0.160 e. The third-order valence-electron chi connectivity index (χ3n) is 10.3. The van der Waals surface area contributed by atoms with Gasteiger partial charge in [0.05, 0.1) is 23.0 Å². The van der Waals surface area contributed by atoms with Gasteiger partial charge >= 0.3 is 0 Å². The third kappa shape index (κ3) is 6.59. The fourth-order valence-electron chi connectivity index (χ4n) is 7.49. The molecule has 3 heteroatoms. The average molecular weight is 702 g/mol. The lowest BCUT2D eigenvalue weighted by atomic mass is 9.88. The van der Waals surface area contributed by atoms with E-state index in [1.165, 1.54) is 21.9 Å². The molecular formula is C52H35N3. The Hall–Kier alpha value is -7.41. The van der Waals surface area contributed by atoms with E-state index in [9.17, 15) is 5.26 Å². The van der Waals surface area contributed by atoms with Crippen LogP contribution < -0.4 is 0 Å². The molecule has 0 radical (unpaired) electrons. The van der Waals surface area contributed by atoms with Crippen LogP contribution in [-0.4, -0.2) is 9.97 Å². The van der Waals surface area contributed by atoms with Crippen molar-refractivity contribution in [3.63, 3.8) is 0 Å². The lowest BCUT2D eigenvalue weighted by molar-refractivity contribution is 1.15. The minimum Gasteiger partial charge on any atom is -0.228 e. The smallest absolute Gasteiger partial charge is 0.160 e. The molecule has 0 unspecified atom stereocenters. The molecule has 0 spiro atoms. The second-order valence-electron chi connectivity index (χ2n) is 13.7. The Morgan fingerprint density at radius 2 is 0.891 bits per heavy atom. The molecule has 8 aromatic carbocycles. The van der Waals surface area contributed by atoms with Crippen molar-refractivity contribution in [1.29, 1.82) is 5.26 Å². The van der Waals surface area contributed by atoms with Gasteiger partial charge in [0.1, 0.15) is 0 Å². The first kappa shape index (κ1) is 33.4.